The molecule has 1 aromatic heterocycles. The maximum atomic E-state index is 11.0. The Bertz CT molecular complexity index is 359. The molecule has 82 valence electrons. The topological polar surface area (TPSA) is 70.4 Å². The fraction of sp³-hybridized carbons (Fsp3) is 0.444. The lowest BCUT2D eigenvalue weighted by atomic mass is 10.4. The van der Waals surface area contributed by atoms with Crippen molar-refractivity contribution in [2.24, 2.45) is 0 Å². The Morgan fingerprint density at radius 3 is 2.87 bits per heavy atom. The van der Waals surface area contributed by atoms with Crippen LogP contribution >= 0.6 is 0 Å². The van der Waals surface area contributed by atoms with Crippen molar-refractivity contribution in [3.05, 3.63) is 18.0 Å². The molecule has 0 spiro atoms. The number of rotatable bonds is 4. The van der Waals surface area contributed by atoms with E-state index in [-0.39, 0.29) is 12.6 Å². The zero-order valence-corrected chi connectivity index (χ0v) is 8.60. The Kier molecular flexibility index (Phi) is 3.84. The maximum absolute atomic E-state index is 11.0. The molecule has 0 aliphatic heterocycles. The van der Waals surface area contributed by atoms with Gasteiger partial charge in [-0.25, -0.2) is 4.79 Å². The Labute approximate surface area is 86.8 Å². The summed E-state index contributed by atoms with van der Waals surface area (Å²) >= 11 is 0. The molecule has 6 heteroatoms. The third kappa shape index (κ3) is 3.41. The summed E-state index contributed by atoms with van der Waals surface area (Å²) in [5.74, 6) is -0.774. The standard InChI is InChI=1S/C9H12N2O4/c1-7(12)15-4-3-11-6-8(5-10-11)9(13)14-2/h5-6H,3-4H2,1-2H3. The van der Waals surface area contributed by atoms with Crippen LogP contribution in [0.4, 0.5) is 0 Å². The van der Waals surface area contributed by atoms with Gasteiger partial charge in [-0.05, 0) is 0 Å². The molecule has 0 atom stereocenters. The highest BCUT2D eigenvalue weighted by Crippen LogP contribution is 1.99. The monoisotopic (exact) mass is 212 g/mol. The first kappa shape index (κ1) is 11.2. The van der Waals surface area contributed by atoms with Crippen LogP contribution in [-0.2, 0) is 20.8 Å². The lowest BCUT2D eigenvalue weighted by molar-refractivity contribution is -0.141. The third-order valence-corrected chi connectivity index (χ3v) is 1.68. The fourth-order valence-corrected chi connectivity index (χ4v) is 0.992. The van der Waals surface area contributed by atoms with Crippen molar-refractivity contribution >= 4 is 11.9 Å². The van der Waals surface area contributed by atoms with Gasteiger partial charge in [-0.2, -0.15) is 5.10 Å². The molecule has 0 bridgehead atoms. The van der Waals surface area contributed by atoms with E-state index in [1.54, 1.807) is 0 Å². The highest BCUT2D eigenvalue weighted by molar-refractivity contribution is 5.88. The predicted octanol–water partition coefficient (Wildman–Crippen LogP) is 0.233. The summed E-state index contributed by atoms with van der Waals surface area (Å²) in [4.78, 5) is 21.5. The van der Waals surface area contributed by atoms with E-state index >= 15 is 0 Å². The van der Waals surface area contributed by atoms with E-state index in [0.29, 0.717) is 12.1 Å². The normalized spacial score (nSPS) is 9.73. The summed E-state index contributed by atoms with van der Waals surface area (Å²) in [5.41, 5.74) is 0.375. The first-order valence-corrected chi connectivity index (χ1v) is 4.37. The van der Waals surface area contributed by atoms with Crippen molar-refractivity contribution in [3.63, 3.8) is 0 Å². The van der Waals surface area contributed by atoms with E-state index in [1.165, 1.54) is 31.1 Å². The minimum atomic E-state index is -0.436. The molecule has 1 rings (SSSR count). The molecular weight excluding hydrogens is 200 g/mol. The Balaban J connectivity index is 2.46. The summed E-state index contributed by atoms with van der Waals surface area (Å²) in [6.07, 6.45) is 2.94. The molecule has 0 aliphatic rings. The summed E-state index contributed by atoms with van der Waals surface area (Å²) < 4.78 is 10.7. The second kappa shape index (κ2) is 5.14. The van der Waals surface area contributed by atoms with Crippen molar-refractivity contribution in [2.45, 2.75) is 13.5 Å². The van der Waals surface area contributed by atoms with Gasteiger partial charge in [0.1, 0.15) is 6.61 Å². The van der Waals surface area contributed by atoms with Crippen molar-refractivity contribution in [1.29, 1.82) is 0 Å². The SMILES string of the molecule is COC(=O)c1cnn(CCOC(C)=O)c1. The molecule has 1 aromatic rings. The van der Waals surface area contributed by atoms with Crippen LogP contribution in [0.5, 0.6) is 0 Å². The van der Waals surface area contributed by atoms with Gasteiger partial charge in [-0.1, -0.05) is 0 Å². The van der Waals surface area contributed by atoms with E-state index in [4.69, 9.17) is 4.74 Å². The summed E-state index contributed by atoms with van der Waals surface area (Å²) in [7, 11) is 1.30. The number of hydrogen-bond donors (Lipinski definition) is 0. The van der Waals surface area contributed by atoms with Crippen LogP contribution in [0.2, 0.25) is 0 Å². The average Bonchev–Trinajstić information content (AvgIpc) is 2.65. The lowest BCUT2D eigenvalue weighted by Gasteiger charge is -2.01. The highest BCUT2D eigenvalue weighted by atomic mass is 16.5. The second-order valence-corrected chi connectivity index (χ2v) is 2.82. The van der Waals surface area contributed by atoms with Crippen LogP contribution in [0.1, 0.15) is 17.3 Å². The van der Waals surface area contributed by atoms with Crippen LogP contribution < -0.4 is 0 Å². The van der Waals surface area contributed by atoms with Gasteiger partial charge >= 0.3 is 11.9 Å². The molecule has 0 amide bonds. The van der Waals surface area contributed by atoms with Crippen LogP contribution in [0.15, 0.2) is 12.4 Å². The quantitative estimate of drug-likeness (QED) is 0.668. The molecule has 0 saturated heterocycles. The zero-order chi connectivity index (χ0) is 11.3. The minimum Gasteiger partial charge on any atom is -0.465 e. The number of hydrogen-bond acceptors (Lipinski definition) is 5. The Hall–Kier alpha value is -1.85. The molecule has 1 heterocycles. The predicted molar refractivity (Wildman–Crippen MR) is 50.2 cm³/mol. The zero-order valence-electron chi connectivity index (χ0n) is 8.60. The highest BCUT2D eigenvalue weighted by Gasteiger charge is 2.07. The van der Waals surface area contributed by atoms with Gasteiger partial charge in [-0.3, -0.25) is 9.48 Å². The van der Waals surface area contributed by atoms with Gasteiger partial charge in [0, 0.05) is 13.1 Å². The van der Waals surface area contributed by atoms with Gasteiger partial charge in [0.05, 0.1) is 25.4 Å². The van der Waals surface area contributed by atoms with Gasteiger partial charge in [0.25, 0.3) is 0 Å². The number of carbonyl (C=O) groups excluding carboxylic acids is 2. The molecule has 0 radical (unpaired) electrons. The van der Waals surface area contributed by atoms with Crippen LogP contribution in [0.3, 0.4) is 0 Å². The van der Waals surface area contributed by atoms with E-state index in [9.17, 15) is 9.59 Å². The average molecular weight is 212 g/mol. The number of esters is 2. The Morgan fingerprint density at radius 1 is 1.53 bits per heavy atom. The number of carbonyl (C=O) groups is 2. The van der Waals surface area contributed by atoms with Crippen molar-refractivity contribution < 1.29 is 19.1 Å². The molecule has 15 heavy (non-hydrogen) atoms. The largest absolute Gasteiger partial charge is 0.465 e. The molecule has 0 unspecified atom stereocenters. The third-order valence-electron chi connectivity index (χ3n) is 1.68. The minimum absolute atomic E-state index is 0.234. The van der Waals surface area contributed by atoms with E-state index in [0.717, 1.165) is 0 Å². The first-order chi connectivity index (χ1) is 7.13. The van der Waals surface area contributed by atoms with Gasteiger partial charge in [0.2, 0.25) is 0 Å². The van der Waals surface area contributed by atoms with Crippen molar-refractivity contribution in [3.8, 4) is 0 Å². The van der Waals surface area contributed by atoms with Crippen LogP contribution in [-0.4, -0.2) is 35.4 Å². The smallest absolute Gasteiger partial charge is 0.341 e. The number of ether oxygens (including phenoxy) is 2. The molecular formula is C9H12N2O4. The molecule has 0 aromatic carbocycles. The van der Waals surface area contributed by atoms with Gasteiger partial charge in [0.15, 0.2) is 0 Å². The molecule has 0 fully saturated rings. The molecule has 6 nitrogen and oxygen atoms in total. The number of nitrogens with zero attached hydrogens (tertiary/aromatic N) is 2. The fourth-order valence-electron chi connectivity index (χ4n) is 0.992. The van der Waals surface area contributed by atoms with Crippen molar-refractivity contribution in [2.75, 3.05) is 13.7 Å². The lowest BCUT2D eigenvalue weighted by Crippen LogP contribution is -2.09. The first-order valence-electron chi connectivity index (χ1n) is 4.37. The summed E-state index contributed by atoms with van der Waals surface area (Å²) in [6.45, 7) is 1.98. The van der Waals surface area contributed by atoms with Gasteiger partial charge in [-0.15, -0.1) is 0 Å². The summed E-state index contributed by atoms with van der Waals surface area (Å²) in [5, 5.41) is 3.91. The molecule has 0 saturated carbocycles. The van der Waals surface area contributed by atoms with Crippen LogP contribution in [0, 0.1) is 0 Å². The molecule has 0 aliphatic carbocycles. The van der Waals surface area contributed by atoms with E-state index < -0.39 is 5.97 Å². The van der Waals surface area contributed by atoms with Crippen LogP contribution in [0.25, 0.3) is 0 Å². The van der Waals surface area contributed by atoms with E-state index in [1.807, 2.05) is 0 Å². The Morgan fingerprint density at radius 2 is 2.27 bits per heavy atom. The number of methoxy groups -OCH3 is 1. The second-order valence-electron chi connectivity index (χ2n) is 2.82. The summed E-state index contributed by atoms with van der Waals surface area (Å²) in [6, 6.07) is 0. The van der Waals surface area contributed by atoms with Crippen molar-refractivity contribution in [1.82, 2.24) is 9.78 Å². The van der Waals surface area contributed by atoms with Gasteiger partial charge < -0.3 is 9.47 Å². The maximum Gasteiger partial charge on any atom is 0.341 e. The number of aromatic nitrogens is 2. The molecule has 0 N–H and O–H groups in total. The van der Waals surface area contributed by atoms with E-state index in [2.05, 4.69) is 9.84 Å².